The van der Waals surface area contributed by atoms with Crippen molar-refractivity contribution < 1.29 is 9.84 Å². The van der Waals surface area contributed by atoms with Gasteiger partial charge in [-0.05, 0) is 31.7 Å². The van der Waals surface area contributed by atoms with Gasteiger partial charge in [0.1, 0.15) is 0 Å². The normalized spacial score (nSPS) is 13.1. The molecule has 0 amide bonds. The zero-order chi connectivity index (χ0) is 15.8. The molecule has 1 N–H and O–H groups in total. The third-order valence-corrected chi connectivity index (χ3v) is 3.58. The van der Waals surface area contributed by atoms with Crippen LogP contribution < -0.4 is 0 Å². The van der Waals surface area contributed by atoms with Gasteiger partial charge < -0.3 is 14.7 Å². The molecule has 0 aliphatic heterocycles. The van der Waals surface area contributed by atoms with E-state index in [1.54, 1.807) is 7.11 Å². The number of ether oxygens (including phenoxy) is 1. The molecule has 0 aliphatic carbocycles. The van der Waals surface area contributed by atoms with Crippen LogP contribution >= 0.6 is 0 Å². The fraction of sp³-hybridized carbons (Fsp3) is 0.667. The first-order chi connectivity index (χ1) is 9.92. The summed E-state index contributed by atoms with van der Waals surface area (Å²) in [6.07, 6.45) is 0.375. The standard InChI is InChI=1S/C18H31NO2/c1-14(2)13-19(8-9-21-5)7-6-18(20)17-11-15(3)10-16(4)12-17/h10-12,14,18,20H,6-9,13H2,1-5H3. The lowest BCUT2D eigenvalue weighted by molar-refractivity contribution is 0.111. The van der Waals surface area contributed by atoms with Crippen molar-refractivity contribution in [1.29, 1.82) is 0 Å². The van der Waals surface area contributed by atoms with Crippen molar-refractivity contribution in [3.63, 3.8) is 0 Å². The van der Waals surface area contributed by atoms with Crippen LogP contribution in [0.4, 0.5) is 0 Å². The van der Waals surface area contributed by atoms with Gasteiger partial charge in [-0.1, -0.05) is 43.2 Å². The molecule has 0 saturated heterocycles. The lowest BCUT2D eigenvalue weighted by atomic mass is 10.0. The van der Waals surface area contributed by atoms with Crippen LogP contribution in [0, 0.1) is 19.8 Å². The Bertz CT molecular complexity index is 397. The summed E-state index contributed by atoms with van der Waals surface area (Å²) in [6, 6.07) is 6.30. The Hall–Kier alpha value is -0.900. The lowest BCUT2D eigenvalue weighted by Crippen LogP contribution is -2.32. The smallest absolute Gasteiger partial charge is 0.0802 e. The average Bonchev–Trinajstić information content (AvgIpc) is 2.39. The van der Waals surface area contributed by atoms with Crippen molar-refractivity contribution in [2.45, 2.75) is 40.2 Å². The van der Waals surface area contributed by atoms with Gasteiger partial charge in [0.25, 0.3) is 0 Å². The second kappa shape index (κ2) is 9.19. The zero-order valence-corrected chi connectivity index (χ0v) is 14.2. The molecular weight excluding hydrogens is 262 g/mol. The van der Waals surface area contributed by atoms with E-state index >= 15 is 0 Å². The summed E-state index contributed by atoms with van der Waals surface area (Å²) in [5, 5.41) is 10.4. The second-order valence-electron chi connectivity index (χ2n) is 6.41. The van der Waals surface area contributed by atoms with E-state index in [9.17, 15) is 5.11 Å². The van der Waals surface area contributed by atoms with Crippen molar-refractivity contribution in [2.24, 2.45) is 5.92 Å². The predicted molar refractivity (Wildman–Crippen MR) is 88.6 cm³/mol. The molecule has 0 fully saturated rings. The largest absolute Gasteiger partial charge is 0.388 e. The number of nitrogens with zero attached hydrogens (tertiary/aromatic N) is 1. The first kappa shape index (κ1) is 18.1. The van der Waals surface area contributed by atoms with E-state index < -0.39 is 0 Å². The van der Waals surface area contributed by atoms with Crippen molar-refractivity contribution in [3.05, 3.63) is 34.9 Å². The summed E-state index contributed by atoms with van der Waals surface area (Å²) in [6.45, 7) is 12.2. The predicted octanol–water partition coefficient (Wildman–Crippen LogP) is 3.33. The van der Waals surface area contributed by atoms with Gasteiger partial charge >= 0.3 is 0 Å². The molecule has 3 nitrogen and oxygen atoms in total. The van der Waals surface area contributed by atoms with E-state index in [0.717, 1.165) is 38.2 Å². The molecule has 1 unspecified atom stereocenters. The van der Waals surface area contributed by atoms with Crippen LogP contribution in [0.5, 0.6) is 0 Å². The van der Waals surface area contributed by atoms with Crippen LogP contribution in [-0.2, 0) is 4.74 Å². The topological polar surface area (TPSA) is 32.7 Å². The number of rotatable bonds is 9. The minimum atomic E-state index is -0.388. The molecule has 3 heteroatoms. The maximum Gasteiger partial charge on any atom is 0.0802 e. The summed E-state index contributed by atoms with van der Waals surface area (Å²) >= 11 is 0. The highest BCUT2D eigenvalue weighted by molar-refractivity contribution is 5.29. The molecule has 1 atom stereocenters. The summed E-state index contributed by atoms with van der Waals surface area (Å²) in [5.41, 5.74) is 3.45. The summed E-state index contributed by atoms with van der Waals surface area (Å²) in [4.78, 5) is 2.38. The Morgan fingerprint density at radius 2 is 1.71 bits per heavy atom. The molecule has 0 heterocycles. The number of aliphatic hydroxyl groups is 1. The van der Waals surface area contributed by atoms with E-state index in [4.69, 9.17) is 4.74 Å². The first-order valence-electron chi connectivity index (χ1n) is 7.90. The number of hydrogen-bond acceptors (Lipinski definition) is 3. The van der Waals surface area contributed by atoms with Gasteiger partial charge in [0.2, 0.25) is 0 Å². The fourth-order valence-corrected chi connectivity index (χ4v) is 2.70. The molecule has 0 saturated carbocycles. The minimum absolute atomic E-state index is 0.388. The van der Waals surface area contributed by atoms with E-state index in [-0.39, 0.29) is 6.10 Å². The first-order valence-corrected chi connectivity index (χ1v) is 7.90. The third-order valence-electron chi connectivity index (χ3n) is 3.58. The SMILES string of the molecule is COCCN(CCC(O)c1cc(C)cc(C)c1)CC(C)C. The van der Waals surface area contributed by atoms with E-state index in [2.05, 4.69) is 50.8 Å². The Balaban J connectivity index is 2.56. The number of hydrogen-bond donors (Lipinski definition) is 1. The highest BCUT2D eigenvalue weighted by Crippen LogP contribution is 2.20. The maximum atomic E-state index is 10.4. The minimum Gasteiger partial charge on any atom is -0.388 e. The quantitative estimate of drug-likeness (QED) is 0.758. The van der Waals surface area contributed by atoms with Crippen LogP contribution in [0.3, 0.4) is 0 Å². The number of aryl methyl sites for hydroxylation is 2. The van der Waals surface area contributed by atoms with E-state index in [1.165, 1.54) is 11.1 Å². The highest BCUT2D eigenvalue weighted by atomic mass is 16.5. The summed E-state index contributed by atoms with van der Waals surface area (Å²) in [5.74, 6) is 0.625. The summed E-state index contributed by atoms with van der Waals surface area (Å²) < 4.78 is 5.17. The molecular formula is C18H31NO2. The number of benzene rings is 1. The van der Waals surface area contributed by atoms with Crippen molar-refractivity contribution in [2.75, 3.05) is 33.4 Å². The van der Waals surface area contributed by atoms with Crippen molar-refractivity contribution >= 4 is 0 Å². The van der Waals surface area contributed by atoms with Gasteiger partial charge in [0, 0.05) is 26.7 Å². The molecule has 21 heavy (non-hydrogen) atoms. The van der Waals surface area contributed by atoms with Crippen molar-refractivity contribution in [1.82, 2.24) is 4.90 Å². The maximum absolute atomic E-state index is 10.4. The number of aliphatic hydroxyl groups excluding tert-OH is 1. The summed E-state index contributed by atoms with van der Waals surface area (Å²) in [7, 11) is 1.73. The van der Waals surface area contributed by atoms with Crippen molar-refractivity contribution in [3.8, 4) is 0 Å². The Morgan fingerprint density at radius 1 is 1.10 bits per heavy atom. The number of methoxy groups -OCH3 is 1. The average molecular weight is 293 g/mol. The van der Waals surface area contributed by atoms with Crippen LogP contribution in [0.25, 0.3) is 0 Å². The highest BCUT2D eigenvalue weighted by Gasteiger charge is 2.13. The lowest BCUT2D eigenvalue weighted by Gasteiger charge is -2.25. The van der Waals surface area contributed by atoms with Crippen LogP contribution in [0.2, 0.25) is 0 Å². The monoisotopic (exact) mass is 293 g/mol. The molecule has 0 aliphatic rings. The van der Waals surface area contributed by atoms with Gasteiger partial charge in [0.05, 0.1) is 12.7 Å². The molecule has 1 aromatic rings. The molecule has 0 bridgehead atoms. The molecule has 1 aromatic carbocycles. The van der Waals surface area contributed by atoms with Gasteiger partial charge in [-0.3, -0.25) is 0 Å². The van der Waals surface area contributed by atoms with Crippen LogP contribution in [-0.4, -0.2) is 43.4 Å². The van der Waals surface area contributed by atoms with Gasteiger partial charge in [-0.25, -0.2) is 0 Å². The van der Waals surface area contributed by atoms with Crippen LogP contribution in [0.15, 0.2) is 18.2 Å². The molecule has 1 rings (SSSR count). The van der Waals surface area contributed by atoms with Crippen LogP contribution in [0.1, 0.15) is 43.1 Å². The second-order valence-corrected chi connectivity index (χ2v) is 6.41. The third kappa shape index (κ3) is 7.07. The van der Waals surface area contributed by atoms with E-state index in [1.807, 2.05) is 0 Å². The molecule has 0 aromatic heterocycles. The zero-order valence-electron chi connectivity index (χ0n) is 14.2. The van der Waals surface area contributed by atoms with Gasteiger partial charge in [-0.15, -0.1) is 0 Å². The Morgan fingerprint density at radius 3 is 2.24 bits per heavy atom. The van der Waals surface area contributed by atoms with Gasteiger partial charge in [0.15, 0.2) is 0 Å². The van der Waals surface area contributed by atoms with Gasteiger partial charge in [-0.2, -0.15) is 0 Å². The Labute approximate surface area is 129 Å². The Kier molecular flexibility index (Phi) is 7.94. The molecule has 120 valence electrons. The molecule has 0 radical (unpaired) electrons. The van der Waals surface area contributed by atoms with E-state index in [0.29, 0.717) is 5.92 Å². The molecule has 0 spiro atoms. The fourth-order valence-electron chi connectivity index (χ4n) is 2.70.